The third kappa shape index (κ3) is 4.21. The summed E-state index contributed by atoms with van der Waals surface area (Å²) in [6.45, 7) is 6.04. The molecule has 2 aromatic carbocycles. The van der Waals surface area contributed by atoms with Crippen LogP contribution in [0.4, 0.5) is 10.5 Å². The maximum atomic E-state index is 11.9. The van der Waals surface area contributed by atoms with E-state index in [1.54, 1.807) is 6.20 Å². The van der Waals surface area contributed by atoms with E-state index in [0.717, 1.165) is 16.8 Å². The predicted molar refractivity (Wildman–Crippen MR) is 88.3 cm³/mol. The first-order chi connectivity index (χ1) is 10.1. The number of hydrogen-bond acceptors (Lipinski definition) is 1. The first kappa shape index (κ1) is 14.9. The van der Waals surface area contributed by atoms with Crippen molar-refractivity contribution < 1.29 is 4.79 Å². The minimum atomic E-state index is -0.244. The van der Waals surface area contributed by atoms with Crippen LogP contribution in [0.25, 0.3) is 6.08 Å². The molecule has 0 fully saturated rings. The van der Waals surface area contributed by atoms with Crippen molar-refractivity contribution in [2.75, 3.05) is 5.32 Å². The number of carbonyl (C=O) groups is 1. The Morgan fingerprint density at radius 2 is 1.76 bits per heavy atom. The lowest BCUT2D eigenvalue weighted by molar-refractivity contribution is 0.255. The summed E-state index contributed by atoms with van der Waals surface area (Å²) in [5.41, 5.74) is 5.31. The Hall–Kier alpha value is -2.55. The summed E-state index contributed by atoms with van der Waals surface area (Å²) in [6.07, 6.45) is 3.54. The largest absolute Gasteiger partial charge is 0.323 e. The molecule has 0 radical (unpaired) electrons. The Labute approximate surface area is 125 Å². The average Bonchev–Trinajstić information content (AvgIpc) is 2.44. The average molecular weight is 280 g/mol. The first-order valence-corrected chi connectivity index (χ1v) is 6.93. The molecule has 21 heavy (non-hydrogen) atoms. The van der Waals surface area contributed by atoms with Crippen LogP contribution < -0.4 is 10.6 Å². The summed E-state index contributed by atoms with van der Waals surface area (Å²) in [7, 11) is 0. The molecule has 3 heteroatoms. The highest BCUT2D eigenvalue weighted by molar-refractivity contribution is 5.91. The molecule has 2 aromatic rings. The summed E-state index contributed by atoms with van der Waals surface area (Å²) < 4.78 is 0. The fourth-order valence-corrected chi connectivity index (χ4v) is 2.09. The molecule has 3 nitrogen and oxygen atoms in total. The normalized spacial score (nSPS) is 10.6. The molecule has 0 aliphatic carbocycles. The molecule has 0 unspecified atom stereocenters. The maximum Gasteiger partial charge on any atom is 0.323 e. The molecule has 0 atom stereocenters. The number of nitrogens with one attached hydrogen (secondary N) is 2. The van der Waals surface area contributed by atoms with Crippen molar-refractivity contribution in [3.63, 3.8) is 0 Å². The van der Waals surface area contributed by atoms with Gasteiger partial charge in [-0.05, 0) is 49.6 Å². The zero-order valence-corrected chi connectivity index (χ0v) is 12.6. The number of benzene rings is 2. The van der Waals surface area contributed by atoms with Crippen LogP contribution in [0.1, 0.15) is 22.3 Å². The highest BCUT2D eigenvalue weighted by Gasteiger charge is 2.02. The van der Waals surface area contributed by atoms with E-state index in [4.69, 9.17) is 0 Å². The van der Waals surface area contributed by atoms with Gasteiger partial charge in [0.2, 0.25) is 0 Å². The quantitative estimate of drug-likeness (QED) is 0.859. The smallest absolute Gasteiger partial charge is 0.314 e. The lowest BCUT2D eigenvalue weighted by Crippen LogP contribution is -2.24. The molecule has 0 heterocycles. The van der Waals surface area contributed by atoms with Gasteiger partial charge in [-0.1, -0.05) is 42.0 Å². The summed E-state index contributed by atoms with van der Waals surface area (Å²) in [6, 6.07) is 13.7. The topological polar surface area (TPSA) is 41.1 Å². The van der Waals surface area contributed by atoms with Crippen molar-refractivity contribution >= 4 is 17.8 Å². The Morgan fingerprint density at radius 1 is 1.00 bits per heavy atom. The number of hydrogen-bond donors (Lipinski definition) is 2. The van der Waals surface area contributed by atoms with Gasteiger partial charge >= 0.3 is 6.03 Å². The van der Waals surface area contributed by atoms with Crippen LogP contribution in [0, 0.1) is 20.8 Å². The van der Waals surface area contributed by atoms with E-state index in [9.17, 15) is 4.79 Å². The third-order valence-corrected chi connectivity index (χ3v) is 3.30. The van der Waals surface area contributed by atoms with Gasteiger partial charge < -0.3 is 10.6 Å². The Bertz CT molecular complexity index is 675. The molecule has 2 rings (SSSR count). The van der Waals surface area contributed by atoms with Gasteiger partial charge in [0.15, 0.2) is 0 Å². The van der Waals surface area contributed by atoms with Crippen molar-refractivity contribution in [2.45, 2.75) is 20.8 Å². The lowest BCUT2D eigenvalue weighted by atomic mass is 10.1. The van der Waals surface area contributed by atoms with E-state index in [0.29, 0.717) is 0 Å². The van der Waals surface area contributed by atoms with Crippen LogP contribution in [0.2, 0.25) is 0 Å². The van der Waals surface area contributed by atoms with E-state index < -0.39 is 0 Å². The van der Waals surface area contributed by atoms with Gasteiger partial charge in [-0.3, -0.25) is 0 Å². The standard InChI is InChI=1S/C18H20N2O/c1-13-8-9-17(15(3)12-13)20-18(21)19-11-10-16-7-5-4-6-14(16)2/h4-12H,1-3H3,(H2,19,20,21)/b11-10+. The molecular formula is C18H20N2O. The van der Waals surface area contributed by atoms with E-state index >= 15 is 0 Å². The Morgan fingerprint density at radius 3 is 2.48 bits per heavy atom. The van der Waals surface area contributed by atoms with Gasteiger partial charge in [-0.15, -0.1) is 0 Å². The van der Waals surface area contributed by atoms with Gasteiger partial charge in [0.05, 0.1) is 0 Å². The zero-order chi connectivity index (χ0) is 15.2. The molecule has 0 aliphatic heterocycles. The number of amides is 2. The highest BCUT2D eigenvalue weighted by Crippen LogP contribution is 2.15. The zero-order valence-electron chi connectivity index (χ0n) is 12.6. The van der Waals surface area contributed by atoms with Gasteiger partial charge in [0.1, 0.15) is 0 Å². The van der Waals surface area contributed by atoms with Gasteiger partial charge in [0, 0.05) is 11.9 Å². The summed E-state index contributed by atoms with van der Waals surface area (Å²) in [5, 5.41) is 5.56. The van der Waals surface area contributed by atoms with E-state index in [1.165, 1.54) is 11.1 Å². The summed E-state index contributed by atoms with van der Waals surface area (Å²) >= 11 is 0. The number of rotatable bonds is 3. The van der Waals surface area contributed by atoms with Crippen molar-refractivity contribution in [3.8, 4) is 0 Å². The molecule has 0 saturated heterocycles. The lowest BCUT2D eigenvalue weighted by Gasteiger charge is -2.08. The molecule has 0 bridgehead atoms. The molecule has 0 saturated carbocycles. The number of aryl methyl sites for hydroxylation is 3. The second-order valence-corrected chi connectivity index (χ2v) is 5.11. The summed E-state index contributed by atoms with van der Waals surface area (Å²) in [4.78, 5) is 11.9. The van der Waals surface area contributed by atoms with Gasteiger partial charge in [-0.2, -0.15) is 0 Å². The molecule has 0 aromatic heterocycles. The molecule has 0 aliphatic rings. The van der Waals surface area contributed by atoms with E-state index in [1.807, 2.05) is 69.3 Å². The van der Waals surface area contributed by atoms with Crippen molar-refractivity contribution in [1.29, 1.82) is 0 Å². The molecule has 108 valence electrons. The van der Waals surface area contributed by atoms with Crippen LogP contribution in [0.5, 0.6) is 0 Å². The van der Waals surface area contributed by atoms with Crippen LogP contribution in [0.3, 0.4) is 0 Å². The Balaban J connectivity index is 1.95. The first-order valence-electron chi connectivity index (χ1n) is 6.93. The second-order valence-electron chi connectivity index (χ2n) is 5.11. The van der Waals surface area contributed by atoms with Gasteiger partial charge in [-0.25, -0.2) is 4.79 Å². The number of urea groups is 1. The molecule has 2 amide bonds. The van der Waals surface area contributed by atoms with E-state index in [-0.39, 0.29) is 6.03 Å². The molecule has 0 spiro atoms. The van der Waals surface area contributed by atoms with Crippen LogP contribution >= 0.6 is 0 Å². The van der Waals surface area contributed by atoms with Crippen molar-refractivity contribution in [2.24, 2.45) is 0 Å². The minimum absolute atomic E-state index is 0.244. The highest BCUT2D eigenvalue weighted by atomic mass is 16.2. The maximum absolute atomic E-state index is 11.9. The fraction of sp³-hybridized carbons (Fsp3) is 0.167. The summed E-state index contributed by atoms with van der Waals surface area (Å²) in [5.74, 6) is 0. The monoisotopic (exact) mass is 280 g/mol. The molecular weight excluding hydrogens is 260 g/mol. The fourth-order valence-electron chi connectivity index (χ4n) is 2.09. The predicted octanol–water partition coefficient (Wildman–Crippen LogP) is 4.40. The van der Waals surface area contributed by atoms with E-state index in [2.05, 4.69) is 10.6 Å². The van der Waals surface area contributed by atoms with Crippen LogP contribution in [0.15, 0.2) is 48.7 Å². The van der Waals surface area contributed by atoms with Crippen LogP contribution in [-0.2, 0) is 0 Å². The van der Waals surface area contributed by atoms with Crippen molar-refractivity contribution in [1.82, 2.24) is 5.32 Å². The number of anilines is 1. The van der Waals surface area contributed by atoms with Crippen LogP contribution in [-0.4, -0.2) is 6.03 Å². The van der Waals surface area contributed by atoms with Crippen molar-refractivity contribution in [3.05, 3.63) is 70.9 Å². The molecule has 2 N–H and O–H groups in total. The minimum Gasteiger partial charge on any atom is -0.314 e. The third-order valence-electron chi connectivity index (χ3n) is 3.30. The van der Waals surface area contributed by atoms with Gasteiger partial charge in [0.25, 0.3) is 0 Å². The number of carbonyl (C=O) groups excluding carboxylic acids is 1. The SMILES string of the molecule is Cc1ccc(NC(=O)N/C=C/c2ccccc2C)c(C)c1. The second kappa shape index (κ2) is 6.75. The Kier molecular flexibility index (Phi) is 4.77.